The third-order valence-corrected chi connectivity index (χ3v) is 3.29. The molecule has 1 heterocycles. The van der Waals surface area contributed by atoms with E-state index in [2.05, 4.69) is 5.10 Å². The quantitative estimate of drug-likeness (QED) is 0.814. The first-order valence-corrected chi connectivity index (χ1v) is 7.14. The van der Waals surface area contributed by atoms with Crippen LogP contribution in [-0.4, -0.2) is 36.6 Å². The number of amides is 2. The molecular formula is C17H16N4O2. The minimum Gasteiger partial charge on any atom is -0.302 e. The molecule has 1 aliphatic heterocycles. The van der Waals surface area contributed by atoms with Gasteiger partial charge in [0.2, 0.25) is 5.71 Å². The molecule has 2 aromatic rings. The molecule has 3 rings (SSSR count). The highest BCUT2D eigenvalue weighted by Gasteiger charge is 2.44. The Kier molecular flexibility index (Phi) is 3.80. The van der Waals surface area contributed by atoms with Crippen molar-refractivity contribution in [2.45, 2.75) is 0 Å². The topological polar surface area (TPSA) is 56.2 Å². The molecule has 6 nitrogen and oxygen atoms in total. The zero-order valence-electron chi connectivity index (χ0n) is 12.9. The number of rotatable bonds is 3. The summed E-state index contributed by atoms with van der Waals surface area (Å²) in [5, 5.41) is 8.20. The number of carbonyl (C=O) groups is 2. The van der Waals surface area contributed by atoms with Gasteiger partial charge in [-0.2, -0.15) is 5.10 Å². The van der Waals surface area contributed by atoms with Crippen LogP contribution in [0, 0.1) is 0 Å². The Bertz CT molecular complexity index is 697. The van der Waals surface area contributed by atoms with Crippen molar-refractivity contribution in [1.82, 2.24) is 5.01 Å². The molecule has 0 saturated carbocycles. The Labute approximate surface area is 134 Å². The maximum atomic E-state index is 12.7. The van der Waals surface area contributed by atoms with Crippen molar-refractivity contribution in [3.05, 3.63) is 60.7 Å². The fourth-order valence-corrected chi connectivity index (χ4v) is 2.36. The summed E-state index contributed by atoms with van der Waals surface area (Å²) >= 11 is 0. The third kappa shape index (κ3) is 2.66. The summed E-state index contributed by atoms with van der Waals surface area (Å²) in [6, 6.07) is 18.1. The summed E-state index contributed by atoms with van der Waals surface area (Å²) in [5.74, 6) is -0.891. The standard InChI is InChI=1S/C17H16N4O2/c1-19(2)18-15-16(22)20(13-9-5-3-6-10-13)21(17(15)23)14-11-7-4-8-12-14/h3-12H,1-2H3. The zero-order chi connectivity index (χ0) is 16.4. The first kappa shape index (κ1) is 14.8. The molecule has 1 saturated heterocycles. The summed E-state index contributed by atoms with van der Waals surface area (Å²) in [6.07, 6.45) is 0. The van der Waals surface area contributed by atoms with E-state index in [1.54, 1.807) is 38.4 Å². The van der Waals surface area contributed by atoms with E-state index in [4.69, 9.17) is 0 Å². The van der Waals surface area contributed by atoms with Gasteiger partial charge < -0.3 is 5.01 Å². The number of benzene rings is 2. The highest BCUT2D eigenvalue weighted by molar-refractivity contribution is 6.74. The largest absolute Gasteiger partial charge is 0.303 e. The molecule has 23 heavy (non-hydrogen) atoms. The predicted molar refractivity (Wildman–Crippen MR) is 89.0 cm³/mol. The second-order valence-corrected chi connectivity index (χ2v) is 5.20. The van der Waals surface area contributed by atoms with Crippen molar-refractivity contribution in [3.8, 4) is 0 Å². The molecular weight excluding hydrogens is 292 g/mol. The van der Waals surface area contributed by atoms with E-state index in [0.29, 0.717) is 11.4 Å². The average molecular weight is 308 g/mol. The lowest BCUT2D eigenvalue weighted by Crippen LogP contribution is -2.41. The Balaban J connectivity index is 2.14. The molecule has 0 bridgehead atoms. The average Bonchev–Trinajstić information content (AvgIpc) is 2.80. The number of nitrogens with zero attached hydrogens (tertiary/aromatic N) is 4. The van der Waals surface area contributed by atoms with Crippen molar-refractivity contribution in [2.75, 3.05) is 24.1 Å². The lowest BCUT2D eigenvalue weighted by Gasteiger charge is -2.26. The van der Waals surface area contributed by atoms with Gasteiger partial charge in [0.05, 0.1) is 11.4 Å². The Morgan fingerprint density at radius 2 is 1.13 bits per heavy atom. The molecule has 6 heteroatoms. The van der Waals surface area contributed by atoms with Crippen molar-refractivity contribution in [1.29, 1.82) is 0 Å². The Morgan fingerprint density at radius 3 is 1.48 bits per heavy atom. The molecule has 1 aliphatic rings. The first-order valence-electron chi connectivity index (χ1n) is 7.14. The van der Waals surface area contributed by atoms with Gasteiger partial charge >= 0.3 is 11.8 Å². The van der Waals surface area contributed by atoms with Gasteiger partial charge in [-0.1, -0.05) is 36.4 Å². The second kappa shape index (κ2) is 5.92. The van der Waals surface area contributed by atoms with Gasteiger partial charge in [-0.25, -0.2) is 10.0 Å². The van der Waals surface area contributed by atoms with Gasteiger partial charge in [0.25, 0.3) is 0 Å². The van der Waals surface area contributed by atoms with Crippen LogP contribution >= 0.6 is 0 Å². The maximum Gasteiger partial charge on any atom is 0.303 e. The normalized spacial score (nSPS) is 14.4. The highest BCUT2D eigenvalue weighted by Crippen LogP contribution is 2.27. The van der Waals surface area contributed by atoms with E-state index in [-0.39, 0.29) is 5.71 Å². The number of hydrazone groups is 1. The minimum absolute atomic E-state index is 0.109. The van der Waals surface area contributed by atoms with Gasteiger partial charge in [0.15, 0.2) is 0 Å². The Morgan fingerprint density at radius 1 is 0.739 bits per heavy atom. The third-order valence-electron chi connectivity index (χ3n) is 3.29. The summed E-state index contributed by atoms with van der Waals surface area (Å²) < 4.78 is 0. The van der Waals surface area contributed by atoms with Crippen LogP contribution in [0.4, 0.5) is 11.4 Å². The first-order chi connectivity index (χ1) is 11.1. The molecule has 0 atom stereocenters. The van der Waals surface area contributed by atoms with E-state index < -0.39 is 11.8 Å². The summed E-state index contributed by atoms with van der Waals surface area (Å²) in [7, 11) is 3.34. The number of hydrogen-bond acceptors (Lipinski definition) is 4. The lowest BCUT2D eigenvalue weighted by molar-refractivity contribution is -0.112. The maximum absolute atomic E-state index is 12.7. The molecule has 0 N–H and O–H groups in total. The molecule has 1 fully saturated rings. The molecule has 116 valence electrons. The van der Waals surface area contributed by atoms with Gasteiger partial charge in [-0.05, 0) is 24.3 Å². The number of para-hydroxylation sites is 2. The van der Waals surface area contributed by atoms with Gasteiger partial charge in [0, 0.05) is 14.1 Å². The predicted octanol–water partition coefficient (Wildman–Crippen LogP) is 1.90. The van der Waals surface area contributed by atoms with Crippen LogP contribution < -0.4 is 10.0 Å². The number of anilines is 2. The minimum atomic E-state index is -0.446. The molecule has 2 aromatic carbocycles. The van der Waals surface area contributed by atoms with Crippen molar-refractivity contribution < 1.29 is 9.59 Å². The van der Waals surface area contributed by atoms with Crippen LogP contribution in [-0.2, 0) is 9.59 Å². The lowest BCUT2D eigenvalue weighted by atomic mass is 10.3. The van der Waals surface area contributed by atoms with Crippen LogP contribution in [0.5, 0.6) is 0 Å². The van der Waals surface area contributed by atoms with Gasteiger partial charge in [-0.15, -0.1) is 0 Å². The van der Waals surface area contributed by atoms with Crippen molar-refractivity contribution in [2.24, 2.45) is 5.10 Å². The number of hydrogen-bond donors (Lipinski definition) is 0. The number of hydrazine groups is 1. The second-order valence-electron chi connectivity index (χ2n) is 5.20. The molecule has 0 radical (unpaired) electrons. The molecule has 0 unspecified atom stereocenters. The summed E-state index contributed by atoms with van der Waals surface area (Å²) in [5.41, 5.74) is 1.11. The Hall–Kier alpha value is -3.15. The van der Waals surface area contributed by atoms with E-state index in [1.165, 1.54) is 15.0 Å². The highest BCUT2D eigenvalue weighted by atomic mass is 16.2. The van der Waals surface area contributed by atoms with E-state index in [9.17, 15) is 9.59 Å². The van der Waals surface area contributed by atoms with Crippen molar-refractivity contribution >= 4 is 28.9 Å². The monoisotopic (exact) mass is 308 g/mol. The molecule has 2 amide bonds. The van der Waals surface area contributed by atoms with Gasteiger partial charge in [-0.3, -0.25) is 9.59 Å². The fourth-order valence-electron chi connectivity index (χ4n) is 2.36. The van der Waals surface area contributed by atoms with E-state index in [0.717, 1.165) is 0 Å². The summed E-state index contributed by atoms with van der Waals surface area (Å²) in [6.45, 7) is 0. The fraction of sp³-hybridized carbons (Fsp3) is 0.118. The molecule has 0 aliphatic carbocycles. The SMILES string of the molecule is CN(C)N=C1C(=O)N(c2ccccc2)N(c2ccccc2)C1=O. The smallest absolute Gasteiger partial charge is 0.302 e. The molecule has 0 aromatic heterocycles. The molecule has 0 spiro atoms. The van der Waals surface area contributed by atoms with Crippen LogP contribution in [0.1, 0.15) is 0 Å². The van der Waals surface area contributed by atoms with Crippen molar-refractivity contribution in [3.63, 3.8) is 0 Å². The summed E-state index contributed by atoms with van der Waals surface area (Å²) in [4.78, 5) is 25.5. The van der Waals surface area contributed by atoms with Crippen LogP contribution in [0.2, 0.25) is 0 Å². The zero-order valence-corrected chi connectivity index (χ0v) is 12.9. The number of carbonyl (C=O) groups excluding carboxylic acids is 2. The van der Waals surface area contributed by atoms with E-state index in [1.807, 2.05) is 36.4 Å². The van der Waals surface area contributed by atoms with Gasteiger partial charge in [0.1, 0.15) is 0 Å². The van der Waals surface area contributed by atoms with Crippen LogP contribution in [0.3, 0.4) is 0 Å². The van der Waals surface area contributed by atoms with Crippen LogP contribution in [0.25, 0.3) is 0 Å². The van der Waals surface area contributed by atoms with Crippen LogP contribution in [0.15, 0.2) is 65.8 Å². The van der Waals surface area contributed by atoms with E-state index >= 15 is 0 Å².